The Bertz CT molecular complexity index is 611. The lowest BCUT2D eigenvalue weighted by Gasteiger charge is -2.21. The van der Waals surface area contributed by atoms with Gasteiger partial charge in [-0.25, -0.2) is 8.78 Å². The maximum absolute atomic E-state index is 14.3. The number of nitrogens with one attached hydrogen (secondary N) is 1. The molecule has 0 radical (unpaired) electrons. The third kappa shape index (κ3) is 2.56. The summed E-state index contributed by atoms with van der Waals surface area (Å²) in [4.78, 5) is 4.07. The quantitative estimate of drug-likeness (QED) is 0.924. The van der Waals surface area contributed by atoms with Crippen molar-refractivity contribution < 1.29 is 8.78 Å². The third-order valence-corrected chi connectivity index (χ3v) is 3.53. The molecule has 1 atom stereocenters. The fourth-order valence-electron chi connectivity index (χ4n) is 2.41. The van der Waals surface area contributed by atoms with Gasteiger partial charge in [0, 0.05) is 18.0 Å². The number of benzene rings is 1. The highest BCUT2D eigenvalue weighted by molar-refractivity contribution is 5.39. The Kier molecular flexibility index (Phi) is 4.45. The summed E-state index contributed by atoms with van der Waals surface area (Å²) >= 11 is 0. The van der Waals surface area contributed by atoms with Crippen LogP contribution in [0.5, 0.6) is 0 Å². The molecule has 2 nitrogen and oxygen atoms in total. The third-order valence-electron chi connectivity index (χ3n) is 3.53. The van der Waals surface area contributed by atoms with E-state index in [1.54, 1.807) is 32.4 Å². The second-order valence-corrected chi connectivity index (χ2v) is 4.74. The molecule has 0 bridgehead atoms. The number of hydrogen-bond acceptors (Lipinski definition) is 2. The van der Waals surface area contributed by atoms with E-state index >= 15 is 0 Å². The summed E-state index contributed by atoms with van der Waals surface area (Å²) in [6.45, 7) is 3.63. The van der Waals surface area contributed by atoms with E-state index in [1.165, 1.54) is 12.1 Å². The SMILES string of the molecule is CCc1cnccc1C(NC)c1c(F)ccc(C)c1F. The predicted octanol–water partition coefficient (Wildman–Crippen LogP) is 3.54. The molecule has 4 heteroatoms. The van der Waals surface area contributed by atoms with E-state index < -0.39 is 17.7 Å². The van der Waals surface area contributed by atoms with Crippen molar-refractivity contribution in [3.8, 4) is 0 Å². The molecule has 0 spiro atoms. The maximum Gasteiger partial charge on any atom is 0.134 e. The summed E-state index contributed by atoms with van der Waals surface area (Å²) < 4.78 is 28.4. The average molecular weight is 276 g/mol. The zero-order valence-corrected chi connectivity index (χ0v) is 11.9. The molecule has 0 aliphatic heterocycles. The van der Waals surface area contributed by atoms with Crippen LogP contribution in [0.25, 0.3) is 0 Å². The predicted molar refractivity (Wildman–Crippen MR) is 75.6 cm³/mol. The number of rotatable bonds is 4. The van der Waals surface area contributed by atoms with Gasteiger partial charge in [0.1, 0.15) is 11.6 Å². The Labute approximate surface area is 117 Å². The Morgan fingerprint density at radius 2 is 2.00 bits per heavy atom. The van der Waals surface area contributed by atoms with Gasteiger partial charge in [-0.05, 0) is 49.2 Å². The van der Waals surface area contributed by atoms with Crippen LogP contribution in [0.1, 0.15) is 35.2 Å². The molecule has 2 aromatic rings. The van der Waals surface area contributed by atoms with Crippen LogP contribution in [-0.4, -0.2) is 12.0 Å². The van der Waals surface area contributed by atoms with Crippen LogP contribution >= 0.6 is 0 Å². The molecule has 1 heterocycles. The number of aromatic nitrogens is 1. The summed E-state index contributed by atoms with van der Waals surface area (Å²) in [5, 5.41) is 3.01. The normalized spacial score (nSPS) is 12.4. The molecule has 1 aromatic carbocycles. The van der Waals surface area contributed by atoms with Crippen LogP contribution in [0.15, 0.2) is 30.6 Å². The van der Waals surface area contributed by atoms with Gasteiger partial charge in [-0.1, -0.05) is 13.0 Å². The molecule has 0 aliphatic carbocycles. The lowest BCUT2D eigenvalue weighted by molar-refractivity contribution is 0.516. The molecule has 1 aromatic heterocycles. The van der Waals surface area contributed by atoms with Crippen molar-refractivity contribution in [2.24, 2.45) is 0 Å². The molecule has 1 N–H and O–H groups in total. The van der Waals surface area contributed by atoms with Crippen LogP contribution < -0.4 is 5.32 Å². The van der Waals surface area contributed by atoms with Gasteiger partial charge in [-0.2, -0.15) is 0 Å². The minimum Gasteiger partial charge on any atom is -0.309 e. The molecular formula is C16H18F2N2. The zero-order valence-electron chi connectivity index (χ0n) is 11.9. The topological polar surface area (TPSA) is 24.9 Å². The van der Waals surface area contributed by atoms with E-state index in [4.69, 9.17) is 0 Å². The highest BCUT2D eigenvalue weighted by Gasteiger charge is 2.23. The first kappa shape index (κ1) is 14.6. The van der Waals surface area contributed by atoms with E-state index in [-0.39, 0.29) is 5.56 Å². The molecular weight excluding hydrogens is 258 g/mol. The standard InChI is InChI=1S/C16H18F2N2/c1-4-11-9-20-8-7-12(11)16(19-3)14-13(17)6-5-10(2)15(14)18/h5-9,16,19H,4H2,1-3H3. The second kappa shape index (κ2) is 6.09. The maximum atomic E-state index is 14.3. The fourth-order valence-corrected chi connectivity index (χ4v) is 2.41. The van der Waals surface area contributed by atoms with Gasteiger partial charge in [0.2, 0.25) is 0 Å². The van der Waals surface area contributed by atoms with E-state index in [0.29, 0.717) is 5.56 Å². The monoisotopic (exact) mass is 276 g/mol. The van der Waals surface area contributed by atoms with Crippen molar-refractivity contribution >= 4 is 0 Å². The Morgan fingerprint density at radius 1 is 1.25 bits per heavy atom. The Hall–Kier alpha value is -1.81. The molecule has 1 unspecified atom stereocenters. The summed E-state index contributed by atoms with van der Waals surface area (Å²) in [5.74, 6) is -1.03. The number of hydrogen-bond donors (Lipinski definition) is 1. The molecule has 0 amide bonds. The summed E-state index contributed by atoms with van der Waals surface area (Å²) in [5.41, 5.74) is 2.34. The van der Waals surface area contributed by atoms with Crippen LogP contribution in [0, 0.1) is 18.6 Å². The summed E-state index contributed by atoms with van der Waals surface area (Å²) in [6, 6.07) is 4.05. The zero-order chi connectivity index (χ0) is 14.7. The molecule has 0 fully saturated rings. The van der Waals surface area contributed by atoms with Gasteiger partial charge in [0.05, 0.1) is 6.04 Å². The Morgan fingerprint density at radius 3 is 2.65 bits per heavy atom. The van der Waals surface area contributed by atoms with Gasteiger partial charge in [0.25, 0.3) is 0 Å². The van der Waals surface area contributed by atoms with Gasteiger partial charge >= 0.3 is 0 Å². The van der Waals surface area contributed by atoms with Crippen molar-refractivity contribution in [2.75, 3.05) is 7.05 Å². The largest absolute Gasteiger partial charge is 0.309 e. The highest BCUT2D eigenvalue weighted by Crippen LogP contribution is 2.30. The fraction of sp³-hybridized carbons (Fsp3) is 0.312. The average Bonchev–Trinajstić information content (AvgIpc) is 2.47. The van der Waals surface area contributed by atoms with Gasteiger partial charge < -0.3 is 5.32 Å². The van der Waals surface area contributed by atoms with E-state index in [0.717, 1.165) is 17.5 Å². The van der Waals surface area contributed by atoms with Crippen LogP contribution in [-0.2, 0) is 6.42 Å². The molecule has 0 saturated carbocycles. The minimum absolute atomic E-state index is 0.0633. The second-order valence-electron chi connectivity index (χ2n) is 4.74. The van der Waals surface area contributed by atoms with Gasteiger partial charge in [0.15, 0.2) is 0 Å². The van der Waals surface area contributed by atoms with Crippen LogP contribution in [0.4, 0.5) is 8.78 Å². The first-order chi connectivity index (χ1) is 9.60. The lowest BCUT2D eigenvalue weighted by atomic mass is 9.93. The summed E-state index contributed by atoms with van der Waals surface area (Å²) in [7, 11) is 1.70. The molecule has 2 rings (SSSR count). The first-order valence-electron chi connectivity index (χ1n) is 6.64. The van der Waals surface area contributed by atoms with E-state index in [9.17, 15) is 8.78 Å². The van der Waals surface area contributed by atoms with Crippen molar-refractivity contribution in [3.63, 3.8) is 0 Å². The van der Waals surface area contributed by atoms with Crippen LogP contribution in [0.3, 0.4) is 0 Å². The Balaban J connectivity index is 2.62. The minimum atomic E-state index is -0.536. The number of halogens is 2. The molecule has 106 valence electrons. The number of aryl methyl sites for hydroxylation is 2. The van der Waals surface area contributed by atoms with Crippen molar-refractivity contribution in [1.82, 2.24) is 10.3 Å². The van der Waals surface area contributed by atoms with E-state index in [2.05, 4.69) is 10.3 Å². The lowest BCUT2D eigenvalue weighted by Crippen LogP contribution is -2.22. The van der Waals surface area contributed by atoms with Gasteiger partial charge in [-0.3, -0.25) is 4.98 Å². The smallest absolute Gasteiger partial charge is 0.134 e. The van der Waals surface area contributed by atoms with Crippen molar-refractivity contribution in [3.05, 3.63) is 64.5 Å². The highest BCUT2D eigenvalue weighted by atomic mass is 19.1. The molecule has 0 aliphatic rings. The molecule has 20 heavy (non-hydrogen) atoms. The number of nitrogens with zero attached hydrogens (tertiary/aromatic N) is 1. The van der Waals surface area contributed by atoms with Crippen molar-refractivity contribution in [2.45, 2.75) is 26.3 Å². The number of pyridine rings is 1. The van der Waals surface area contributed by atoms with Crippen molar-refractivity contribution in [1.29, 1.82) is 0 Å². The summed E-state index contributed by atoms with van der Waals surface area (Å²) in [6.07, 6.45) is 4.14. The van der Waals surface area contributed by atoms with E-state index in [1.807, 2.05) is 6.92 Å². The van der Waals surface area contributed by atoms with Gasteiger partial charge in [-0.15, -0.1) is 0 Å². The molecule has 0 saturated heterocycles. The van der Waals surface area contributed by atoms with Crippen LogP contribution in [0.2, 0.25) is 0 Å². The first-order valence-corrected chi connectivity index (χ1v) is 6.64.